The maximum absolute atomic E-state index is 12.8. The van der Waals surface area contributed by atoms with E-state index in [2.05, 4.69) is 4.98 Å². The number of carboxylic acids is 1. The van der Waals surface area contributed by atoms with Crippen molar-refractivity contribution in [3.63, 3.8) is 0 Å². The number of pyridine rings is 1. The van der Waals surface area contributed by atoms with Crippen molar-refractivity contribution in [2.24, 2.45) is 0 Å². The normalized spacial score (nSPS) is 11.7. The number of hydrogen-bond donors (Lipinski definition) is 1. The van der Waals surface area contributed by atoms with Gasteiger partial charge in [-0.2, -0.15) is 13.2 Å². The van der Waals surface area contributed by atoms with Gasteiger partial charge in [-0.05, 0) is 31.5 Å². The van der Waals surface area contributed by atoms with Gasteiger partial charge in [-0.15, -0.1) is 11.3 Å². The van der Waals surface area contributed by atoms with Crippen LogP contribution in [-0.4, -0.2) is 40.0 Å². The average molecular weight is 360 g/mol. The minimum atomic E-state index is -4.55. The Bertz CT molecular complexity index is 786. The zero-order valence-electron chi connectivity index (χ0n) is 13.0. The molecule has 130 valence electrons. The van der Waals surface area contributed by atoms with E-state index < -0.39 is 23.7 Å². The number of carbonyl (C=O) groups is 2. The third-order valence-corrected chi connectivity index (χ3v) is 4.74. The summed E-state index contributed by atoms with van der Waals surface area (Å²) in [5, 5.41) is 9.23. The maximum Gasteiger partial charge on any atom is 0.433 e. The molecule has 0 spiro atoms. The number of hydrogen-bond acceptors (Lipinski definition) is 4. The predicted octanol–water partition coefficient (Wildman–Crippen LogP) is 3.56. The van der Waals surface area contributed by atoms with Crippen molar-refractivity contribution in [1.29, 1.82) is 0 Å². The van der Waals surface area contributed by atoms with E-state index in [1.54, 1.807) is 13.8 Å². The Hall–Kier alpha value is -2.16. The summed E-state index contributed by atoms with van der Waals surface area (Å²) >= 11 is 0.890. The van der Waals surface area contributed by atoms with Crippen LogP contribution in [0.25, 0.3) is 10.2 Å². The van der Waals surface area contributed by atoms with Crippen LogP contribution in [0, 0.1) is 6.92 Å². The molecule has 0 atom stereocenters. The average Bonchev–Trinajstić information content (AvgIpc) is 2.83. The molecule has 5 nitrogen and oxygen atoms in total. The first kappa shape index (κ1) is 18.2. The van der Waals surface area contributed by atoms with Crippen LogP contribution >= 0.6 is 11.3 Å². The molecule has 2 heterocycles. The number of nitrogens with zero attached hydrogens (tertiary/aromatic N) is 2. The first-order chi connectivity index (χ1) is 11.1. The Morgan fingerprint density at radius 2 is 2.00 bits per heavy atom. The summed E-state index contributed by atoms with van der Waals surface area (Å²) in [6.07, 6.45) is -4.74. The molecule has 0 aliphatic carbocycles. The van der Waals surface area contributed by atoms with Gasteiger partial charge in [-0.25, -0.2) is 4.98 Å². The second-order valence-electron chi connectivity index (χ2n) is 5.13. The summed E-state index contributed by atoms with van der Waals surface area (Å²) < 4.78 is 38.3. The number of aliphatic carboxylic acids is 1. The second kappa shape index (κ2) is 6.76. The van der Waals surface area contributed by atoms with Crippen molar-refractivity contribution in [3.8, 4) is 0 Å². The van der Waals surface area contributed by atoms with Crippen LogP contribution in [0.4, 0.5) is 13.2 Å². The molecule has 0 bridgehead atoms. The molecular weight excluding hydrogens is 345 g/mol. The van der Waals surface area contributed by atoms with E-state index in [9.17, 15) is 22.8 Å². The minimum absolute atomic E-state index is 0.0413. The summed E-state index contributed by atoms with van der Waals surface area (Å²) in [7, 11) is 0. The number of thiophene rings is 1. The molecule has 2 aromatic rings. The molecule has 0 unspecified atom stereocenters. The Balaban J connectivity index is 2.39. The van der Waals surface area contributed by atoms with Crippen LogP contribution in [0.15, 0.2) is 12.1 Å². The molecule has 0 saturated carbocycles. The number of halogens is 3. The minimum Gasteiger partial charge on any atom is -0.481 e. The Kier molecular flexibility index (Phi) is 5.12. The fourth-order valence-electron chi connectivity index (χ4n) is 2.24. The highest BCUT2D eigenvalue weighted by Gasteiger charge is 2.33. The molecule has 2 aromatic heterocycles. The number of fused-ring (bicyclic) bond motifs is 1. The van der Waals surface area contributed by atoms with Gasteiger partial charge in [-0.1, -0.05) is 0 Å². The fraction of sp³-hybridized carbons (Fsp3) is 0.400. The third kappa shape index (κ3) is 3.66. The van der Waals surface area contributed by atoms with Crippen molar-refractivity contribution in [1.82, 2.24) is 9.88 Å². The molecule has 0 aromatic carbocycles. The van der Waals surface area contributed by atoms with Gasteiger partial charge < -0.3 is 10.0 Å². The van der Waals surface area contributed by atoms with Crippen LogP contribution in [-0.2, 0) is 11.0 Å². The smallest absolute Gasteiger partial charge is 0.433 e. The monoisotopic (exact) mass is 360 g/mol. The van der Waals surface area contributed by atoms with Crippen LogP contribution < -0.4 is 0 Å². The van der Waals surface area contributed by atoms with Gasteiger partial charge >= 0.3 is 12.1 Å². The van der Waals surface area contributed by atoms with Gasteiger partial charge in [0.15, 0.2) is 0 Å². The number of carboxylic acid groups (broad SMARTS) is 1. The Morgan fingerprint density at radius 1 is 1.33 bits per heavy atom. The lowest BCUT2D eigenvalue weighted by Gasteiger charge is -2.19. The van der Waals surface area contributed by atoms with Gasteiger partial charge in [-0.3, -0.25) is 9.59 Å². The zero-order chi connectivity index (χ0) is 18.1. The predicted molar refractivity (Wildman–Crippen MR) is 83.2 cm³/mol. The first-order valence-electron chi connectivity index (χ1n) is 7.13. The van der Waals surface area contributed by atoms with Crippen molar-refractivity contribution >= 4 is 33.4 Å². The number of aromatic nitrogens is 1. The topological polar surface area (TPSA) is 70.5 Å². The number of alkyl halides is 3. The number of carbonyl (C=O) groups excluding carboxylic acids is 1. The molecule has 0 saturated heterocycles. The van der Waals surface area contributed by atoms with Crippen molar-refractivity contribution in [3.05, 3.63) is 28.3 Å². The molecule has 9 heteroatoms. The lowest BCUT2D eigenvalue weighted by molar-refractivity contribution is -0.141. The number of aryl methyl sites for hydroxylation is 1. The lowest BCUT2D eigenvalue weighted by Crippen LogP contribution is -2.32. The molecule has 24 heavy (non-hydrogen) atoms. The van der Waals surface area contributed by atoms with E-state index in [4.69, 9.17) is 5.11 Å². The summed E-state index contributed by atoms with van der Waals surface area (Å²) in [4.78, 5) is 28.6. The molecule has 0 radical (unpaired) electrons. The highest BCUT2D eigenvalue weighted by Crippen LogP contribution is 2.34. The quantitative estimate of drug-likeness (QED) is 0.885. The van der Waals surface area contributed by atoms with Gasteiger partial charge in [0.05, 0.1) is 11.3 Å². The fourth-order valence-corrected chi connectivity index (χ4v) is 3.39. The molecule has 2 rings (SSSR count). The van der Waals surface area contributed by atoms with Gasteiger partial charge in [0, 0.05) is 18.5 Å². The van der Waals surface area contributed by atoms with Crippen molar-refractivity contribution in [2.45, 2.75) is 26.4 Å². The van der Waals surface area contributed by atoms with E-state index >= 15 is 0 Å². The van der Waals surface area contributed by atoms with Gasteiger partial charge in [0.1, 0.15) is 10.5 Å². The standard InChI is InChI=1S/C15H15F3N2O3S/c1-3-20(7-6-11(21)22)14(23)12-8(2)9-4-5-10(15(16,17)18)19-13(9)24-12/h4-5H,3,6-7H2,1-2H3,(H,21,22). The third-order valence-electron chi connectivity index (χ3n) is 3.55. The molecule has 0 aliphatic heterocycles. The van der Waals surface area contributed by atoms with E-state index in [0.29, 0.717) is 17.5 Å². The number of amides is 1. The molecule has 0 aliphatic rings. The number of rotatable bonds is 5. The van der Waals surface area contributed by atoms with Crippen molar-refractivity contribution < 1.29 is 27.9 Å². The zero-order valence-corrected chi connectivity index (χ0v) is 13.8. The summed E-state index contributed by atoms with van der Waals surface area (Å²) in [5.74, 6) is -1.42. The van der Waals surface area contributed by atoms with Crippen LogP contribution in [0.2, 0.25) is 0 Å². The highest BCUT2D eigenvalue weighted by atomic mass is 32.1. The van der Waals surface area contributed by atoms with E-state index in [-0.39, 0.29) is 22.7 Å². The summed E-state index contributed by atoms with van der Waals surface area (Å²) in [5.41, 5.74) is -0.455. The SMILES string of the molecule is CCN(CCC(=O)O)C(=O)c1sc2nc(C(F)(F)F)ccc2c1C. The van der Waals surface area contributed by atoms with Crippen LogP contribution in [0.1, 0.15) is 34.3 Å². The van der Waals surface area contributed by atoms with Gasteiger partial charge in [0.2, 0.25) is 0 Å². The van der Waals surface area contributed by atoms with Crippen molar-refractivity contribution in [2.75, 3.05) is 13.1 Å². The Morgan fingerprint density at radius 3 is 2.54 bits per heavy atom. The van der Waals surface area contributed by atoms with Gasteiger partial charge in [0.25, 0.3) is 5.91 Å². The van der Waals surface area contributed by atoms with E-state index in [1.165, 1.54) is 11.0 Å². The summed E-state index contributed by atoms with van der Waals surface area (Å²) in [6, 6.07) is 2.19. The second-order valence-corrected chi connectivity index (χ2v) is 6.13. The molecule has 1 amide bonds. The maximum atomic E-state index is 12.8. The van der Waals surface area contributed by atoms with E-state index in [1.807, 2.05) is 0 Å². The molecular formula is C15H15F3N2O3S. The molecule has 1 N–H and O–H groups in total. The van der Waals surface area contributed by atoms with E-state index in [0.717, 1.165) is 17.4 Å². The Labute approximate surface area is 139 Å². The lowest BCUT2D eigenvalue weighted by atomic mass is 10.1. The molecule has 0 fully saturated rings. The largest absolute Gasteiger partial charge is 0.481 e. The first-order valence-corrected chi connectivity index (χ1v) is 7.95. The summed E-state index contributed by atoms with van der Waals surface area (Å²) in [6.45, 7) is 3.70. The van der Waals surface area contributed by atoms with Crippen LogP contribution in [0.5, 0.6) is 0 Å². The highest BCUT2D eigenvalue weighted by molar-refractivity contribution is 7.20. The van der Waals surface area contributed by atoms with Crippen LogP contribution in [0.3, 0.4) is 0 Å².